The summed E-state index contributed by atoms with van der Waals surface area (Å²) in [5.74, 6) is -0.0399. The Morgan fingerprint density at radius 2 is 1.96 bits per heavy atom. The number of halogens is 1. The molecule has 23 heavy (non-hydrogen) atoms. The standard InChI is InChI=1S/C16H22N2O4.ClH/c1-11-9-12(22-10-14(19)21-2)5-6-13(11)18-15(20)16(17)7-3-4-8-16;/h5-6,9H,3-4,7-8,10,17H2,1-2H3,(H,18,20);1H. The highest BCUT2D eigenvalue weighted by atomic mass is 35.5. The molecule has 0 aromatic heterocycles. The number of rotatable bonds is 5. The highest BCUT2D eigenvalue weighted by Gasteiger charge is 2.37. The molecular formula is C16H23ClN2O4. The zero-order valence-corrected chi connectivity index (χ0v) is 14.2. The van der Waals surface area contributed by atoms with E-state index in [0.717, 1.165) is 31.2 Å². The zero-order valence-electron chi connectivity index (χ0n) is 13.4. The summed E-state index contributed by atoms with van der Waals surface area (Å²) >= 11 is 0. The van der Waals surface area contributed by atoms with Crippen LogP contribution in [-0.2, 0) is 14.3 Å². The number of anilines is 1. The summed E-state index contributed by atoms with van der Waals surface area (Å²) in [7, 11) is 1.31. The van der Waals surface area contributed by atoms with Gasteiger partial charge in [0.15, 0.2) is 6.61 Å². The summed E-state index contributed by atoms with van der Waals surface area (Å²) in [6.45, 7) is 1.71. The zero-order chi connectivity index (χ0) is 16.2. The summed E-state index contributed by atoms with van der Waals surface area (Å²) in [5, 5.41) is 2.88. The van der Waals surface area contributed by atoms with E-state index in [1.165, 1.54) is 7.11 Å². The van der Waals surface area contributed by atoms with Crippen molar-refractivity contribution in [3.63, 3.8) is 0 Å². The molecular weight excluding hydrogens is 320 g/mol. The lowest BCUT2D eigenvalue weighted by Gasteiger charge is -2.23. The number of nitrogens with one attached hydrogen (secondary N) is 1. The largest absolute Gasteiger partial charge is 0.482 e. The maximum Gasteiger partial charge on any atom is 0.343 e. The molecule has 3 N–H and O–H groups in total. The number of esters is 1. The van der Waals surface area contributed by atoms with E-state index in [1.54, 1.807) is 18.2 Å². The second-order valence-electron chi connectivity index (χ2n) is 5.66. The first-order valence-corrected chi connectivity index (χ1v) is 7.35. The van der Waals surface area contributed by atoms with Crippen LogP contribution in [0.1, 0.15) is 31.2 Å². The first-order valence-electron chi connectivity index (χ1n) is 7.35. The number of hydrogen-bond donors (Lipinski definition) is 2. The Kier molecular flexibility index (Phi) is 6.84. The van der Waals surface area contributed by atoms with Crippen LogP contribution in [0.5, 0.6) is 5.75 Å². The van der Waals surface area contributed by atoms with Crippen LogP contribution in [0.2, 0.25) is 0 Å². The van der Waals surface area contributed by atoms with Crippen molar-refractivity contribution in [2.75, 3.05) is 19.0 Å². The van der Waals surface area contributed by atoms with Crippen LogP contribution in [-0.4, -0.2) is 31.1 Å². The van der Waals surface area contributed by atoms with Crippen LogP contribution in [0.3, 0.4) is 0 Å². The molecule has 0 spiro atoms. The highest BCUT2D eigenvalue weighted by molar-refractivity contribution is 5.98. The number of nitrogens with two attached hydrogens (primary N) is 1. The lowest BCUT2D eigenvalue weighted by Crippen LogP contribution is -2.48. The molecule has 0 heterocycles. The third-order valence-corrected chi connectivity index (χ3v) is 3.98. The lowest BCUT2D eigenvalue weighted by atomic mass is 9.98. The van der Waals surface area contributed by atoms with Crippen molar-refractivity contribution in [1.29, 1.82) is 0 Å². The molecule has 0 radical (unpaired) electrons. The van der Waals surface area contributed by atoms with E-state index in [0.29, 0.717) is 11.4 Å². The normalized spacial score (nSPS) is 15.4. The fraction of sp³-hybridized carbons (Fsp3) is 0.500. The van der Waals surface area contributed by atoms with Crippen molar-refractivity contribution < 1.29 is 19.1 Å². The maximum atomic E-state index is 12.3. The van der Waals surface area contributed by atoms with E-state index >= 15 is 0 Å². The number of amides is 1. The van der Waals surface area contributed by atoms with Crippen LogP contribution in [0, 0.1) is 6.92 Å². The van der Waals surface area contributed by atoms with Crippen molar-refractivity contribution in [1.82, 2.24) is 0 Å². The number of benzene rings is 1. The van der Waals surface area contributed by atoms with Gasteiger partial charge in [-0.15, -0.1) is 12.4 Å². The molecule has 0 saturated heterocycles. The molecule has 7 heteroatoms. The van der Waals surface area contributed by atoms with Gasteiger partial charge in [-0.2, -0.15) is 0 Å². The Bertz CT molecular complexity index is 571. The van der Waals surface area contributed by atoms with Crippen molar-refractivity contribution in [2.45, 2.75) is 38.1 Å². The summed E-state index contributed by atoms with van der Waals surface area (Å²) < 4.78 is 9.82. The molecule has 0 aliphatic heterocycles. The monoisotopic (exact) mass is 342 g/mol. The van der Waals surface area contributed by atoms with Gasteiger partial charge in [0.05, 0.1) is 12.6 Å². The smallest absolute Gasteiger partial charge is 0.343 e. The lowest BCUT2D eigenvalue weighted by molar-refractivity contribution is -0.142. The minimum Gasteiger partial charge on any atom is -0.482 e. The Morgan fingerprint density at radius 3 is 2.52 bits per heavy atom. The van der Waals surface area contributed by atoms with Gasteiger partial charge in [-0.1, -0.05) is 12.8 Å². The van der Waals surface area contributed by atoms with Gasteiger partial charge >= 0.3 is 5.97 Å². The average Bonchev–Trinajstić information content (AvgIpc) is 2.95. The Morgan fingerprint density at radius 1 is 1.30 bits per heavy atom. The molecule has 1 saturated carbocycles. The first-order chi connectivity index (χ1) is 10.4. The summed E-state index contributed by atoms with van der Waals surface area (Å²) in [6, 6.07) is 5.21. The number of aryl methyl sites for hydroxylation is 1. The second kappa shape index (κ2) is 8.17. The second-order valence-corrected chi connectivity index (χ2v) is 5.66. The van der Waals surface area contributed by atoms with Crippen LogP contribution >= 0.6 is 12.4 Å². The molecule has 0 unspecified atom stereocenters. The van der Waals surface area contributed by atoms with Gasteiger partial charge in [-0.25, -0.2) is 4.79 Å². The quantitative estimate of drug-likeness (QED) is 0.800. The third-order valence-electron chi connectivity index (χ3n) is 3.98. The van der Waals surface area contributed by atoms with Crippen molar-refractivity contribution in [3.05, 3.63) is 23.8 Å². The molecule has 1 aliphatic rings. The van der Waals surface area contributed by atoms with Gasteiger partial charge < -0.3 is 20.5 Å². The first kappa shape index (κ1) is 19.3. The molecule has 1 aliphatic carbocycles. The van der Waals surface area contributed by atoms with Crippen molar-refractivity contribution in [3.8, 4) is 5.75 Å². The molecule has 1 aromatic carbocycles. The van der Waals surface area contributed by atoms with Crippen LogP contribution in [0.4, 0.5) is 5.69 Å². The Balaban J connectivity index is 0.00000264. The van der Waals surface area contributed by atoms with E-state index < -0.39 is 11.5 Å². The molecule has 1 amide bonds. The molecule has 0 atom stereocenters. The van der Waals surface area contributed by atoms with Crippen molar-refractivity contribution in [2.24, 2.45) is 5.73 Å². The third kappa shape index (κ3) is 4.84. The van der Waals surface area contributed by atoms with E-state index in [-0.39, 0.29) is 24.9 Å². The van der Waals surface area contributed by atoms with E-state index in [1.807, 2.05) is 6.92 Å². The van der Waals surface area contributed by atoms with Gasteiger partial charge in [-0.05, 0) is 43.5 Å². The van der Waals surface area contributed by atoms with Crippen LogP contribution in [0.25, 0.3) is 0 Å². The van der Waals surface area contributed by atoms with E-state index in [2.05, 4.69) is 10.1 Å². The number of hydrogen-bond acceptors (Lipinski definition) is 5. The van der Waals surface area contributed by atoms with Gasteiger partial charge in [0.1, 0.15) is 5.75 Å². The SMILES string of the molecule is COC(=O)COc1ccc(NC(=O)C2(N)CCCC2)c(C)c1.Cl. The van der Waals surface area contributed by atoms with Crippen LogP contribution < -0.4 is 15.8 Å². The van der Waals surface area contributed by atoms with E-state index in [9.17, 15) is 9.59 Å². The van der Waals surface area contributed by atoms with Crippen molar-refractivity contribution >= 4 is 30.0 Å². The Hall–Kier alpha value is -1.79. The number of methoxy groups -OCH3 is 1. The van der Waals surface area contributed by atoms with Gasteiger partial charge in [0.2, 0.25) is 5.91 Å². The summed E-state index contributed by atoms with van der Waals surface area (Å²) in [5.41, 5.74) is 6.93. The topological polar surface area (TPSA) is 90.6 Å². The molecule has 128 valence electrons. The van der Waals surface area contributed by atoms with Gasteiger partial charge in [0.25, 0.3) is 0 Å². The molecule has 6 nitrogen and oxygen atoms in total. The fourth-order valence-electron chi connectivity index (χ4n) is 2.55. The number of ether oxygens (including phenoxy) is 2. The number of carbonyl (C=O) groups excluding carboxylic acids is 2. The highest BCUT2D eigenvalue weighted by Crippen LogP contribution is 2.29. The molecule has 2 rings (SSSR count). The molecule has 0 bridgehead atoms. The predicted molar refractivity (Wildman–Crippen MR) is 90.0 cm³/mol. The number of carbonyl (C=O) groups is 2. The van der Waals surface area contributed by atoms with Gasteiger partial charge in [0, 0.05) is 5.69 Å². The summed E-state index contributed by atoms with van der Waals surface area (Å²) in [6.07, 6.45) is 3.42. The van der Waals surface area contributed by atoms with Gasteiger partial charge in [-0.3, -0.25) is 4.79 Å². The minimum atomic E-state index is -0.757. The predicted octanol–water partition coefficient (Wildman–Crippen LogP) is 2.18. The molecule has 1 aromatic rings. The summed E-state index contributed by atoms with van der Waals surface area (Å²) in [4.78, 5) is 23.3. The maximum absolute atomic E-state index is 12.3. The fourth-order valence-corrected chi connectivity index (χ4v) is 2.55. The Labute approximate surface area is 142 Å². The average molecular weight is 343 g/mol. The van der Waals surface area contributed by atoms with E-state index in [4.69, 9.17) is 10.5 Å². The van der Waals surface area contributed by atoms with Crippen LogP contribution in [0.15, 0.2) is 18.2 Å². The molecule has 1 fully saturated rings. The minimum absolute atomic E-state index is 0.